The van der Waals surface area contributed by atoms with E-state index in [2.05, 4.69) is 10.1 Å². The maximum Gasteiger partial charge on any atom is 0.308 e. The number of hydrogen-bond donors (Lipinski definition) is 1. The van der Waals surface area contributed by atoms with Crippen molar-refractivity contribution in [3.63, 3.8) is 0 Å². The minimum atomic E-state index is -0.119. The molecule has 0 spiro atoms. The molecule has 0 radical (unpaired) electrons. The third-order valence-electron chi connectivity index (χ3n) is 2.67. The summed E-state index contributed by atoms with van der Waals surface area (Å²) in [6.07, 6.45) is 3.38. The minimum absolute atomic E-state index is 0.00604. The van der Waals surface area contributed by atoms with Crippen LogP contribution >= 0.6 is 0 Å². The van der Waals surface area contributed by atoms with Crippen LogP contribution in [0.5, 0.6) is 0 Å². The molecular weight excluding hydrogens is 182 g/mol. The van der Waals surface area contributed by atoms with Gasteiger partial charge in [0.2, 0.25) is 5.91 Å². The summed E-state index contributed by atoms with van der Waals surface area (Å²) >= 11 is 0. The molecule has 0 aromatic carbocycles. The molecule has 1 rings (SSSR count). The van der Waals surface area contributed by atoms with E-state index in [1.807, 2.05) is 0 Å². The predicted octanol–water partition coefficient (Wildman–Crippen LogP) is 0.854. The van der Waals surface area contributed by atoms with E-state index >= 15 is 0 Å². The quantitative estimate of drug-likeness (QED) is 0.671. The van der Waals surface area contributed by atoms with Gasteiger partial charge in [-0.2, -0.15) is 0 Å². The van der Waals surface area contributed by atoms with Gasteiger partial charge in [-0.1, -0.05) is 0 Å². The van der Waals surface area contributed by atoms with Gasteiger partial charge in [-0.25, -0.2) is 0 Å². The predicted molar refractivity (Wildman–Crippen MR) is 51.6 cm³/mol. The van der Waals surface area contributed by atoms with Crippen LogP contribution in [0.4, 0.5) is 0 Å². The monoisotopic (exact) mass is 199 g/mol. The molecule has 1 N–H and O–H groups in total. The van der Waals surface area contributed by atoms with Crippen LogP contribution in [-0.4, -0.2) is 25.0 Å². The zero-order chi connectivity index (χ0) is 10.6. The first-order chi connectivity index (χ1) is 6.63. The lowest BCUT2D eigenvalue weighted by molar-refractivity contribution is -0.146. The highest BCUT2D eigenvalue weighted by Gasteiger charge is 2.26. The summed E-state index contributed by atoms with van der Waals surface area (Å²) in [5, 5.41) is 2.87. The zero-order valence-corrected chi connectivity index (χ0v) is 8.71. The average molecular weight is 199 g/mol. The molecule has 1 fully saturated rings. The zero-order valence-electron chi connectivity index (χ0n) is 8.71. The highest BCUT2D eigenvalue weighted by Crippen LogP contribution is 2.25. The molecule has 0 unspecified atom stereocenters. The van der Waals surface area contributed by atoms with Crippen LogP contribution < -0.4 is 5.32 Å². The molecule has 1 aliphatic rings. The fourth-order valence-corrected chi connectivity index (χ4v) is 1.93. The summed E-state index contributed by atoms with van der Waals surface area (Å²) < 4.78 is 4.68. The number of carbonyl (C=O) groups is 2. The van der Waals surface area contributed by atoms with Crippen molar-refractivity contribution < 1.29 is 14.3 Å². The molecule has 4 nitrogen and oxygen atoms in total. The van der Waals surface area contributed by atoms with Crippen molar-refractivity contribution in [3.05, 3.63) is 0 Å². The molecule has 0 aromatic rings. The summed E-state index contributed by atoms with van der Waals surface area (Å²) in [4.78, 5) is 22.0. The highest BCUT2D eigenvalue weighted by atomic mass is 16.5. The van der Waals surface area contributed by atoms with Gasteiger partial charge in [0.25, 0.3) is 0 Å². The van der Waals surface area contributed by atoms with E-state index in [-0.39, 0.29) is 23.8 Å². The first kappa shape index (κ1) is 11.0. The Morgan fingerprint density at radius 1 is 1.21 bits per heavy atom. The number of amides is 1. The molecule has 0 aromatic heterocycles. The van der Waals surface area contributed by atoms with E-state index in [1.54, 1.807) is 0 Å². The van der Waals surface area contributed by atoms with Gasteiger partial charge in [0.1, 0.15) is 0 Å². The van der Waals surface area contributed by atoms with Crippen molar-refractivity contribution in [3.8, 4) is 0 Å². The number of rotatable bonds is 2. The van der Waals surface area contributed by atoms with Crippen molar-refractivity contribution in [2.75, 3.05) is 7.11 Å². The Balaban J connectivity index is 2.31. The molecule has 80 valence electrons. The summed E-state index contributed by atoms with van der Waals surface area (Å²) in [5.74, 6) is -0.0807. The standard InChI is InChI=1S/C10H17NO3/c1-7(12)11-9-5-3-8(4-6-9)10(13)14-2/h8-9H,3-6H2,1-2H3,(H,11,12)/t8-,9+. The Morgan fingerprint density at radius 2 is 1.79 bits per heavy atom. The Hall–Kier alpha value is -1.06. The van der Waals surface area contributed by atoms with E-state index in [4.69, 9.17) is 0 Å². The number of hydrogen-bond acceptors (Lipinski definition) is 3. The molecule has 0 heterocycles. The van der Waals surface area contributed by atoms with Crippen molar-refractivity contribution in [1.29, 1.82) is 0 Å². The van der Waals surface area contributed by atoms with Gasteiger partial charge in [-0.3, -0.25) is 9.59 Å². The van der Waals surface area contributed by atoms with Crippen LogP contribution in [-0.2, 0) is 14.3 Å². The fraction of sp³-hybridized carbons (Fsp3) is 0.800. The SMILES string of the molecule is COC(=O)[C@H]1CC[C@@H](NC(C)=O)CC1. The van der Waals surface area contributed by atoms with E-state index in [0.717, 1.165) is 25.7 Å². The molecule has 0 bridgehead atoms. The Labute approximate surface area is 84.0 Å². The summed E-state index contributed by atoms with van der Waals surface area (Å²) in [5.41, 5.74) is 0. The number of methoxy groups -OCH3 is 1. The van der Waals surface area contributed by atoms with Crippen LogP contribution in [0.3, 0.4) is 0 Å². The van der Waals surface area contributed by atoms with Crippen LogP contribution in [0.15, 0.2) is 0 Å². The van der Waals surface area contributed by atoms with Crippen molar-refractivity contribution in [1.82, 2.24) is 5.32 Å². The van der Waals surface area contributed by atoms with Crippen LogP contribution in [0.2, 0.25) is 0 Å². The van der Waals surface area contributed by atoms with Gasteiger partial charge >= 0.3 is 5.97 Å². The van der Waals surface area contributed by atoms with E-state index < -0.39 is 0 Å². The van der Waals surface area contributed by atoms with E-state index in [9.17, 15) is 9.59 Å². The summed E-state index contributed by atoms with van der Waals surface area (Å²) in [7, 11) is 1.42. The second-order valence-corrected chi connectivity index (χ2v) is 3.77. The van der Waals surface area contributed by atoms with Crippen molar-refractivity contribution in [2.45, 2.75) is 38.6 Å². The molecule has 1 aliphatic carbocycles. The Kier molecular flexibility index (Phi) is 3.92. The molecule has 4 heteroatoms. The normalized spacial score (nSPS) is 26.7. The number of carbonyl (C=O) groups excluding carboxylic acids is 2. The molecule has 14 heavy (non-hydrogen) atoms. The van der Waals surface area contributed by atoms with Gasteiger partial charge in [0.05, 0.1) is 13.0 Å². The third-order valence-corrected chi connectivity index (χ3v) is 2.67. The van der Waals surface area contributed by atoms with E-state index in [0.29, 0.717) is 0 Å². The van der Waals surface area contributed by atoms with Crippen LogP contribution in [0.25, 0.3) is 0 Å². The first-order valence-corrected chi connectivity index (χ1v) is 4.98. The lowest BCUT2D eigenvalue weighted by Crippen LogP contribution is -2.37. The lowest BCUT2D eigenvalue weighted by atomic mass is 9.86. The molecular formula is C10H17NO3. The van der Waals surface area contributed by atoms with Gasteiger partial charge in [-0.15, -0.1) is 0 Å². The summed E-state index contributed by atoms with van der Waals surface area (Å²) in [6, 6.07) is 0.244. The molecule has 0 saturated heterocycles. The van der Waals surface area contributed by atoms with Gasteiger partial charge in [-0.05, 0) is 25.7 Å². The van der Waals surface area contributed by atoms with E-state index in [1.165, 1.54) is 14.0 Å². The van der Waals surface area contributed by atoms with Crippen LogP contribution in [0, 0.1) is 5.92 Å². The van der Waals surface area contributed by atoms with Gasteiger partial charge in [0.15, 0.2) is 0 Å². The number of nitrogens with one attached hydrogen (secondary N) is 1. The smallest absolute Gasteiger partial charge is 0.308 e. The second kappa shape index (κ2) is 4.98. The maximum atomic E-state index is 11.2. The van der Waals surface area contributed by atoms with Crippen molar-refractivity contribution >= 4 is 11.9 Å². The van der Waals surface area contributed by atoms with Crippen LogP contribution in [0.1, 0.15) is 32.6 Å². The molecule has 0 atom stereocenters. The number of ether oxygens (including phenoxy) is 1. The Morgan fingerprint density at radius 3 is 2.21 bits per heavy atom. The van der Waals surface area contributed by atoms with Gasteiger partial charge in [0, 0.05) is 13.0 Å². The topological polar surface area (TPSA) is 55.4 Å². The Bertz CT molecular complexity index is 219. The van der Waals surface area contributed by atoms with Crippen molar-refractivity contribution in [2.24, 2.45) is 5.92 Å². The summed E-state index contributed by atoms with van der Waals surface area (Å²) in [6.45, 7) is 1.52. The fourth-order valence-electron chi connectivity index (χ4n) is 1.93. The first-order valence-electron chi connectivity index (χ1n) is 4.98. The molecule has 0 aliphatic heterocycles. The molecule has 1 amide bonds. The largest absolute Gasteiger partial charge is 0.469 e. The second-order valence-electron chi connectivity index (χ2n) is 3.77. The molecule has 1 saturated carbocycles. The van der Waals surface area contributed by atoms with Gasteiger partial charge < -0.3 is 10.1 Å². The minimum Gasteiger partial charge on any atom is -0.469 e. The number of esters is 1. The average Bonchev–Trinajstić information content (AvgIpc) is 2.17. The lowest BCUT2D eigenvalue weighted by Gasteiger charge is -2.27. The third kappa shape index (κ3) is 3.01. The maximum absolute atomic E-state index is 11.2. The highest BCUT2D eigenvalue weighted by molar-refractivity contribution is 5.74.